The van der Waals surface area contributed by atoms with E-state index in [1.807, 2.05) is 4.90 Å². The van der Waals surface area contributed by atoms with E-state index in [1.165, 1.54) is 50.8 Å². The van der Waals surface area contributed by atoms with E-state index in [4.69, 9.17) is 4.42 Å². The van der Waals surface area contributed by atoms with Crippen LogP contribution in [0.4, 0.5) is 0 Å². The summed E-state index contributed by atoms with van der Waals surface area (Å²) >= 11 is 1.25. The van der Waals surface area contributed by atoms with E-state index in [1.54, 1.807) is 6.07 Å². The molecule has 26 heavy (non-hydrogen) atoms. The molecule has 0 spiro atoms. The SMILES string of the molecule is CN(C)S(=O)(=O)c1ccc2oc(SCC(=O)N3CCCCCC3)nc2c1. The first kappa shape index (κ1) is 19.2. The molecule has 9 heteroatoms. The van der Waals surface area contributed by atoms with Crippen molar-refractivity contribution < 1.29 is 17.6 Å². The van der Waals surface area contributed by atoms with Crippen LogP contribution in [0, 0.1) is 0 Å². The van der Waals surface area contributed by atoms with E-state index in [2.05, 4.69) is 4.98 Å². The predicted molar refractivity (Wildman–Crippen MR) is 101 cm³/mol. The van der Waals surface area contributed by atoms with Gasteiger partial charge in [0.2, 0.25) is 15.9 Å². The van der Waals surface area contributed by atoms with Crippen LogP contribution in [0.1, 0.15) is 25.7 Å². The molecule has 1 aliphatic heterocycles. The van der Waals surface area contributed by atoms with E-state index in [0.29, 0.717) is 16.3 Å². The molecule has 0 aliphatic carbocycles. The highest BCUT2D eigenvalue weighted by Crippen LogP contribution is 2.26. The van der Waals surface area contributed by atoms with Crippen molar-refractivity contribution in [3.63, 3.8) is 0 Å². The number of likely N-dealkylation sites (tertiary alicyclic amines) is 1. The molecule has 0 radical (unpaired) electrons. The number of aromatic nitrogens is 1. The number of carbonyl (C=O) groups excluding carboxylic acids is 1. The number of carbonyl (C=O) groups is 1. The van der Waals surface area contributed by atoms with Crippen LogP contribution in [0.3, 0.4) is 0 Å². The molecule has 1 amide bonds. The van der Waals surface area contributed by atoms with E-state index < -0.39 is 10.0 Å². The van der Waals surface area contributed by atoms with Crippen molar-refractivity contribution in [1.82, 2.24) is 14.2 Å². The Morgan fingerprint density at radius 3 is 2.58 bits per heavy atom. The highest BCUT2D eigenvalue weighted by molar-refractivity contribution is 7.99. The number of thioether (sulfide) groups is 1. The standard InChI is InChI=1S/C17H23N3O4S2/c1-19(2)26(22,23)13-7-8-15-14(11-13)18-17(24-15)25-12-16(21)20-9-5-3-4-6-10-20/h7-8,11H,3-6,9-10,12H2,1-2H3. The van der Waals surface area contributed by atoms with Gasteiger partial charge in [-0.05, 0) is 31.0 Å². The molecule has 1 aromatic carbocycles. The molecule has 7 nitrogen and oxygen atoms in total. The third-order valence-corrected chi connectivity index (χ3v) is 7.02. The molecule has 0 bridgehead atoms. The minimum absolute atomic E-state index is 0.0926. The molecule has 1 aromatic heterocycles. The lowest BCUT2D eigenvalue weighted by atomic mass is 10.2. The van der Waals surface area contributed by atoms with Gasteiger partial charge in [-0.25, -0.2) is 17.7 Å². The summed E-state index contributed by atoms with van der Waals surface area (Å²) in [5.41, 5.74) is 0.977. The molecule has 1 fully saturated rings. The monoisotopic (exact) mass is 397 g/mol. The molecule has 1 saturated heterocycles. The van der Waals surface area contributed by atoms with Crippen LogP contribution in [0.2, 0.25) is 0 Å². The predicted octanol–water partition coefficient (Wildman–Crippen LogP) is 2.57. The second kappa shape index (κ2) is 7.98. The van der Waals surface area contributed by atoms with Crippen molar-refractivity contribution in [2.24, 2.45) is 0 Å². The van der Waals surface area contributed by atoms with Crippen LogP contribution < -0.4 is 0 Å². The Bertz CT molecular complexity index is 885. The van der Waals surface area contributed by atoms with Gasteiger partial charge in [0.15, 0.2) is 5.58 Å². The Morgan fingerprint density at radius 1 is 1.23 bits per heavy atom. The molecule has 1 aliphatic rings. The second-order valence-corrected chi connectivity index (χ2v) is 9.56. The Labute approximate surface area is 157 Å². The molecule has 0 saturated carbocycles. The van der Waals surface area contributed by atoms with Crippen molar-refractivity contribution >= 4 is 38.8 Å². The fraction of sp³-hybridized carbons (Fsp3) is 0.529. The van der Waals surface area contributed by atoms with Gasteiger partial charge in [0.25, 0.3) is 5.22 Å². The van der Waals surface area contributed by atoms with Gasteiger partial charge >= 0.3 is 0 Å². The van der Waals surface area contributed by atoms with Crippen LogP contribution in [-0.2, 0) is 14.8 Å². The minimum Gasteiger partial charge on any atom is -0.431 e. The lowest BCUT2D eigenvalue weighted by Gasteiger charge is -2.19. The molecular formula is C17H23N3O4S2. The maximum absolute atomic E-state index is 12.4. The van der Waals surface area contributed by atoms with Crippen LogP contribution >= 0.6 is 11.8 Å². The van der Waals surface area contributed by atoms with Crippen molar-refractivity contribution in [2.45, 2.75) is 35.8 Å². The third kappa shape index (κ3) is 4.21. The molecule has 142 valence electrons. The van der Waals surface area contributed by atoms with Gasteiger partial charge in [0.1, 0.15) is 5.52 Å². The van der Waals surface area contributed by atoms with Crippen molar-refractivity contribution in [3.05, 3.63) is 18.2 Å². The molecular weight excluding hydrogens is 374 g/mol. The number of amides is 1. The van der Waals surface area contributed by atoms with Crippen molar-refractivity contribution in [1.29, 1.82) is 0 Å². The van der Waals surface area contributed by atoms with Gasteiger partial charge in [-0.2, -0.15) is 0 Å². The fourth-order valence-corrected chi connectivity index (χ4v) is 4.52. The Hall–Kier alpha value is -1.58. The summed E-state index contributed by atoms with van der Waals surface area (Å²) in [6, 6.07) is 4.59. The highest BCUT2D eigenvalue weighted by Gasteiger charge is 2.20. The first-order valence-corrected chi connectivity index (χ1v) is 11.0. The largest absolute Gasteiger partial charge is 0.431 e. The summed E-state index contributed by atoms with van der Waals surface area (Å²) in [5, 5.41) is 0.377. The van der Waals surface area contributed by atoms with Crippen LogP contribution in [0.5, 0.6) is 0 Å². The lowest BCUT2D eigenvalue weighted by molar-refractivity contribution is -0.128. The molecule has 2 aromatic rings. The smallest absolute Gasteiger partial charge is 0.257 e. The van der Waals surface area contributed by atoms with Gasteiger partial charge in [0, 0.05) is 27.2 Å². The Morgan fingerprint density at radius 2 is 1.92 bits per heavy atom. The van der Waals surface area contributed by atoms with E-state index in [0.717, 1.165) is 30.2 Å². The number of benzene rings is 1. The van der Waals surface area contributed by atoms with Crippen LogP contribution in [0.25, 0.3) is 11.1 Å². The third-order valence-electron chi connectivity index (χ3n) is 4.40. The van der Waals surface area contributed by atoms with Crippen molar-refractivity contribution in [2.75, 3.05) is 32.9 Å². The van der Waals surface area contributed by atoms with Crippen LogP contribution in [-0.4, -0.2) is 61.5 Å². The average molecular weight is 398 g/mol. The number of sulfonamides is 1. The van der Waals surface area contributed by atoms with Crippen molar-refractivity contribution in [3.8, 4) is 0 Å². The summed E-state index contributed by atoms with van der Waals surface area (Å²) in [7, 11) is -0.550. The summed E-state index contributed by atoms with van der Waals surface area (Å²) < 4.78 is 31.2. The van der Waals surface area contributed by atoms with Gasteiger partial charge in [-0.1, -0.05) is 24.6 Å². The number of oxazole rings is 1. The summed E-state index contributed by atoms with van der Waals surface area (Å²) in [6.07, 6.45) is 4.48. The number of fused-ring (bicyclic) bond motifs is 1. The zero-order chi connectivity index (χ0) is 18.7. The summed E-state index contributed by atoms with van der Waals surface area (Å²) in [6.45, 7) is 1.64. The maximum atomic E-state index is 12.4. The number of nitrogens with zero attached hydrogens (tertiary/aromatic N) is 3. The Kier molecular flexibility index (Phi) is 5.89. The Balaban J connectivity index is 1.70. The highest BCUT2D eigenvalue weighted by atomic mass is 32.2. The summed E-state index contributed by atoms with van der Waals surface area (Å²) in [5.74, 6) is 0.366. The number of hydrogen-bond donors (Lipinski definition) is 0. The maximum Gasteiger partial charge on any atom is 0.257 e. The second-order valence-electron chi connectivity index (χ2n) is 6.48. The van der Waals surface area contributed by atoms with E-state index in [-0.39, 0.29) is 16.6 Å². The zero-order valence-corrected chi connectivity index (χ0v) is 16.6. The number of hydrogen-bond acceptors (Lipinski definition) is 6. The average Bonchev–Trinajstić information content (AvgIpc) is 2.82. The fourth-order valence-electron chi connectivity index (χ4n) is 2.85. The molecule has 3 rings (SSSR count). The summed E-state index contributed by atoms with van der Waals surface area (Å²) in [4.78, 5) is 18.7. The minimum atomic E-state index is -3.52. The molecule has 0 N–H and O–H groups in total. The number of rotatable bonds is 5. The van der Waals surface area contributed by atoms with Gasteiger partial charge in [-0.3, -0.25) is 4.79 Å². The normalized spacial score (nSPS) is 16.2. The molecule has 2 heterocycles. The quantitative estimate of drug-likeness (QED) is 0.721. The molecule has 0 unspecified atom stereocenters. The van der Waals surface area contributed by atoms with E-state index in [9.17, 15) is 13.2 Å². The van der Waals surface area contributed by atoms with Crippen LogP contribution in [0.15, 0.2) is 32.7 Å². The topological polar surface area (TPSA) is 83.7 Å². The first-order chi connectivity index (χ1) is 12.4. The van der Waals surface area contributed by atoms with Gasteiger partial charge in [0.05, 0.1) is 10.6 Å². The first-order valence-electron chi connectivity index (χ1n) is 8.61. The molecule has 0 atom stereocenters. The zero-order valence-electron chi connectivity index (χ0n) is 15.0. The van der Waals surface area contributed by atoms with E-state index >= 15 is 0 Å². The van der Waals surface area contributed by atoms with Gasteiger partial charge < -0.3 is 9.32 Å². The van der Waals surface area contributed by atoms with Gasteiger partial charge in [-0.15, -0.1) is 0 Å². The lowest BCUT2D eigenvalue weighted by Crippen LogP contribution is -2.33.